The van der Waals surface area contributed by atoms with Crippen LogP contribution in [0.4, 0.5) is 0 Å². The molecule has 1 rings (SSSR count). The van der Waals surface area contributed by atoms with E-state index in [0.29, 0.717) is 13.0 Å². The zero-order valence-electron chi connectivity index (χ0n) is 23.7. The predicted octanol–water partition coefficient (Wildman–Crippen LogP) is 8.02. The maximum Gasteiger partial charge on any atom is 0.331 e. The van der Waals surface area contributed by atoms with Crippen molar-refractivity contribution < 1.29 is 18.4 Å². The second kappa shape index (κ2) is 11.4. The average molecular weight is 497 g/mol. The van der Waals surface area contributed by atoms with Gasteiger partial charge in [-0.25, -0.2) is 4.79 Å². The van der Waals surface area contributed by atoms with Crippen LogP contribution in [0.25, 0.3) is 0 Å². The van der Waals surface area contributed by atoms with Crippen LogP contribution in [0.3, 0.4) is 0 Å². The van der Waals surface area contributed by atoms with Crippen molar-refractivity contribution >= 4 is 22.6 Å². The van der Waals surface area contributed by atoms with Crippen LogP contribution in [0.2, 0.25) is 36.3 Å². The van der Waals surface area contributed by atoms with Crippen LogP contribution in [-0.2, 0) is 18.4 Å². The lowest BCUT2D eigenvalue weighted by Crippen LogP contribution is -2.53. The van der Waals surface area contributed by atoms with Crippen LogP contribution in [0.5, 0.6) is 0 Å². The minimum Gasteiger partial charge on any atom is -0.463 e. The first-order valence-corrected chi connectivity index (χ1v) is 18.6. The van der Waals surface area contributed by atoms with Gasteiger partial charge >= 0.3 is 5.97 Å². The molecule has 0 saturated heterocycles. The molecule has 33 heavy (non-hydrogen) atoms. The highest BCUT2D eigenvalue weighted by atomic mass is 28.4. The highest BCUT2D eigenvalue weighted by Crippen LogP contribution is 2.47. The summed E-state index contributed by atoms with van der Waals surface area (Å²) in [5, 5.41) is 0.193. The van der Waals surface area contributed by atoms with E-state index in [-0.39, 0.29) is 34.2 Å². The van der Waals surface area contributed by atoms with Crippen molar-refractivity contribution in [3.8, 4) is 0 Å². The second-order valence-electron chi connectivity index (χ2n) is 12.7. The number of hydrogen-bond donors (Lipinski definition) is 0. The third-order valence-corrected chi connectivity index (χ3v) is 17.0. The van der Waals surface area contributed by atoms with E-state index in [1.54, 1.807) is 6.08 Å². The summed E-state index contributed by atoms with van der Waals surface area (Å²) in [6.45, 7) is 31.8. The van der Waals surface area contributed by atoms with Gasteiger partial charge in [0.15, 0.2) is 16.6 Å². The Morgan fingerprint density at radius 3 is 1.97 bits per heavy atom. The molecule has 0 aromatic carbocycles. The fourth-order valence-corrected chi connectivity index (χ4v) is 6.40. The number of esters is 1. The molecular weight excluding hydrogens is 444 g/mol. The lowest BCUT2D eigenvalue weighted by atomic mass is 9.76. The normalized spacial score (nSPS) is 24.3. The third kappa shape index (κ3) is 7.91. The monoisotopic (exact) mass is 496 g/mol. The molecule has 0 heterocycles. The molecule has 1 aliphatic carbocycles. The third-order valence-electron chi connectivity index (χ3n) is 7.99. The van der Waals surface area contributed by atoms with Gasteiger partial charge in [-0.15, -0.1) is 0 Å². The standard InChI is InChI=1S/C27H52O4Si2/c1-14-16-17-22-23(30-32(10,11)26(4,5)6)18-21(19-24(28)29-15-2)20(3)25(22)31-33(12,13)27(7,8)9/h19,22-23,25H,3,14-18H2,1-2,4-13H3/b21-19-/t22-,23-,25+/m0/s1. The Balaban J connectivity index is 3.52. The summed E-state index contributed by atoms with van der Waals surface area (Å²) in [7, 11) is -4.10. The number of ether oxygens (including phenoxy) is 1. The van der Waals surface area contributed by atoms with E-state index >= 15 is 0 Å². The molecule has 0 aromatic heterocycles. The minimum absolute atomic E-state index is 0.0124. The van der Waals surface area contributed by atoms with E-state index in [4.69, 9.17) is 13.6 Å². The Hall–Kier alpha value is -0.696. The zero-order valence-corrected chi connectivity index (χ0v) is 25.7. The van der Waals surface area contributed by atoms with Crippen molar-refractivity contribution in [2.45, 2.75) is 130 Å². The minimum atomic E-state index is -2.07. The van der Waals surface area contributed by atoms with E-state index in [9.17, 15) is 4.79 Å². The number of carbonyl (C=O) groups excluding carboxylic acids is 1. The number of carbonyl (C=O) groups is 1. The Bertz CT molecular complexity index is 711. The number of hydrogen-bond acceptors (Lipinski definition) is 4. The van der Waals surface area contributed by atoms with Crippen LogP contribution in [0.1, 0.15) is 81.1 Å². The lowest BCUT2D eigenvalue weighted by Gasteiger charge is -2.49. The SMILES string of the molecule is C=C1/C(=C\C(=O)OCC)C[C@H](O[Si](C)(C)C(C)(C)C)[C@H](CCCC)[C@@H]1O[Si](C)(C)C(C)(C)C. The Labute approximate surface area is 206 Å². The van der Waals surface area contributed by atoms with E-state index in [0.717, 1.165) is 30.4 Å². The molecular formula is C27H52O4Si2. The molecule has 3 atom stereocenters. The topological polar surface area (TPSA) is 44.8 Å². The van der Waals surface area contributed by atoms with Gasteiger partial charge in [-0.2, -0.15) is 0 Å². The van der Waals surface area contributed by atoms with Gasteiger partial charge in [0.2, 0.25) is 0 Å². The molecule has 0 radical (unpaired) electrons. The quantitative estimate of drug-likeness (QED) is 0.184. The van der Waals surface area contributed by atoms with Gasteiger partial charge in [0.25, 0.3) is 0 Å². The summed E-state index contributed by atoms with van der Waals surface area (Å²) < 4.78 is 19.3. The molecule has 0 N–H and O–H groups in total. The second-order valence-corrected chi connectivity index (χ2v) is 22.2. The molecule has 0 spiro atoms. The first kappa shape index (κ1) is 30.3. The fourth-order valence-electron chi connectivity index (χ4n) is 3.73. The molecule has 0 aliphatic heterocycles. The molecule has 4 nitrogen and oxygen atoms in total. The summed E-state index contributed by atoms with van der Waals surface area (Å²) >= 11 is 0. The maximum absolute atomic E-state index is 12.4. The summed E-state index contributed by atoms with van der Waals surface area (Å²) in [6, 6.07) is 0. The van der Waals surface area contributed by atoms with Crippen molar-refractivity contribution in [3.05, 3.63) is 23.8 Å². The van der Waals surface area contributed by atoms with Crippen LogP contribution >= 0.6 is 0 Å². The van der Waals surface area contributed by atoms with Crippen molar-refractivity contribution in [2.75, 3.05) is 6.61 Å². The van der Waals surface area contributed by atoms with Gasteiger partial charge in [0.1, 0.15) is 0 Å². The maximum atomic E-state index is 12.4. The molecule has 0 aromatic rings. The van der Waals surface area contributed by atoms with E-state index in [1.807, 2.05) is 6.92 Å². The van der Waals surface area contributed by atoms with E-state index < -0.39 is 16.6 Å². The van der Waals surface area contributed by atoms with Crippen LogP contribution in [0, 0.1) is 5.92 Å². The smallest absolute Gasteiger partial charge is 0.331 e. The lowest BCUT2D eigenvalue weighted by molar-refractivity contribution is -0.137. The molecule has 1 fully saturated rings. The van der Waals surface area contributed by atoms with Crippen LogP contribution in [0.15, 0.2) is 23.8 Å². The average Bonchev–Trinajstić information content (AvgIpc) is 2.63. The largest absolute Gasteiger partial charge is 0.463 e. The molecule has 1 saturated carbocycles. The van der Waals surface area contributed by atoms with E-state index in [2.05, 4.69) is 81.2 Å². The number of rotatable bonds is 9. The number of unbranched alkanes of at least 4 members (excludes halogenated alkanes) is 1. The molecule has 1 aliphatic rings. The van der Waals surface area contributed by atoms with Crippen LogP contribution in [-0.4, -0.2) is 41.4 Å². The van der Waals surface area contributed by atoms with E-state index in [1.165, 1.54) is 0 Å². The molecule has 0 unspecified atom stereocenters. The van der Waals surface area contributed by atoms with Crippen molar-refractivity contribution in [2.24, 2.45) is 5.92 Å². The van der Waals surface area contributed by atoms with Gasteiger partial charge in [-0.3, -0.25) is 0 Å². The predicted molar refractivity (Wildman–Crippen MR) is 146 cm³/mol. The van der Waals surface area contributed by atoms with Gasteiger partial charge < -0.3 is 13.6 Å². The summed E-state index contributed by atoms with van der Waals surface area (Å²) in [5.74, 6) is -0.0714. The molecule has 192 valence electrons. The fraction of sp³-hybridized carbons (Fsp3) is 0.815. The van der Waals surface area contributed by atoms with Crippen LogP contribution < -0.4 is 0 Å². The summed E-state index contributed by atoms with van der Waals surface area (Å²) in [6.07, 6.45) is 5.50. The summed E-state index contributed by atoms with van der Waals surface area (Å²) in [5.41, 5.74) is 1.86. The Morgan fingerprint density at radius 1 is 1.00 bits per heavy atom. The first-order chi connectivity index (χ1) is 14.9. The summed E-state index contributed by atoms with van der Waals surface area (Å²) in [4.78, 5) is 12.4. The van der Waals surface area contributed by atoms with Crippen molar-refractivity contribution in [3.63, 3.8) is 0 Å². The van der Waals surface area contributed by atoms with Gasteiger partial charge in [0, 0.05) is 12.0 Å². The Kier molecular flexibility index (Phi) is 10.4. The van der Waals surface area contributed by atoms with Crippen molar-refractivity contribution in [1.82, 2.24) is 0 Å². The highest BCUT2D eigenvalue weighted by molar-refractivity contribution is 6.74. The van der Waals surface area contributed by atoms with Gasteiger partial charge in [0.05, 0.1) is 18.8 Å². The van der Waals surface area contributed by atoms with Crippen molar-refractivity contribution in [1.29, 1.82) is 0 Å². The molecule has 6 heteroatoms. The molecule has 0 amide bonds. The molecule has 0 bridgehead atoms. The van der Waals surface area contributed by atoms with Gasteiger partial charge in [-0.05, 0) is 67.2 Å². The van der Waals surface area contributed by atoms with Gasteiger partial charge in [-0.1, -0.05) is 67.9 Å². The first-order valence-electron chi connectivity index (χ1n) is 12.8. The zero-order chi connectivity index (χ0) is 25.8. The highest BCUT2D eigenvalue weighted by Gasteiger charge is 2.48. The Morgan fingerprint density at radius 2 is 1.52 bits per heavy atom.